The summed E-state index contributed by atoms with van der Waals surface area (Å²) in [6.07, 6.45) is 4.13. The minimum atomic E-state index is -0.125. The Labute approximate surface area is 158 Å². The van der Waals surface area contributed by atoms with Crippen LogP contribution in [0.5, 0.6) is 5.75 Å². The molecule has 1 atom stereocenters. The lowest BCUT2D eigenvalue weighted by Gasteiger charge is -2.33. The fourth-order valence-electron chi connectivity index (χ4n) is 3.41. The van der Waals surface area contributed by atoms with E-state index in [9.17, 15) is 9.59 Å². The molecule has 0 spiro atoms. The number of amides is 1. The smallest absolute Gasteiger partial charge is 0.268 e. The van der Waals surface area contributed by atoms with E-state index in [1.165, 1.54) is 4.68 Å². The highest BCUT2D eigenvalue weighted by Crippen LogP contribution is 2.26. The van der Waals surface area contributed by atoms with E-state index < -0.39 is 0 Å². The number of anilines is 2. The first-order valence-corrected chi connectivity index (χ1v) is 9.36. The molecule has 3 rings (SSSR count). The number of benzene rings is 1. The summed E-state index contributed by atoms with van der Waals surface area (Å²) in [6, 6.07) is 9.07. The average molecular weight is 370 g/mol. The topological polar surface area (TPSA) is 76.5 Å². The summed E-state index contributed by atoms with van der Waals surface area (Å²) < 4.78 is 6.88. The number of para-hydroxylation sites is 2. The van der Waals surface area contributed by atoms with Gasteiger partial charge in [0, 0.05) is 32.6 Å². The van der Waals surface area contributed by atoms with Crippen molar-refractivity contribution in [2.24, 2.45) is 13.0 Å². The molecule has 1 aromatic heterocycles. The number of ether oxygens (including phenoxy) is 1. The Morgan fingerprint density at radius 1 is 1.37 bits per heavy atom. The second kappa shape index (κ2) is 8.70. The van der Waals surface area contributed by atoms with Crippen LogP contribution in [0, 0.1) is 5.92 Å². The standard InChI is InChI=1S/C20H26N4O3/c1-3-27-18-9-5-4-8-17(18)22-19(25)11-15-7-6-10-24(14-15)16-12-20(26)23(2)21-13-16/h4-5,8-9,12-13,15H,3,6-7,10-11,14H2,1-2H3,(H,22,25). The Morgan fingerprint density at radius 2 is 2.19 bits per heavy atom. The maximum Gasteiger partial charge on any atom is 0.268 e. The van der Waals surface area contributed by atoms with Gasteiger partial charge in [0.1, 0.15) is 5.75 Å². The lowest BCUT2D eigenvalue weighted by Crippen LogP contribution is -2.38. The van der Waals surface area contributed by atoms with Crippen LogP contribution in [0.1, 0.15) is 26.2 Å². The van der Waals surface area contributed by atoms with Gasteiger partial charge in [-0.15, -0.1) is 0 Å². The SMILES string of the molecule is CCOc1ccccc1NC(=O)CC1CCCN(c2cnn(C)c(=O)c2)C1. The summed E-state index contributed by atoms with van der Waals surface area (Å²) in [7, 11) is 1.63. The average Bonchev–Trinajstić information content (AvgIpc) is 2.66. The van der Waals surface area contributed by atoms with Crippen molar-refractivity contribution in [1.82, 2.24) is 9.78 Å². The fraction of sp³-hybridized carbons (Fsp3) is 0.450. The Bertz CT molecular complexity index is 849. The Kier molecular flexibility index (Phi) is 6.11. The zero-order valence-electron chi connectivity index (χ0n) is 15.9. The highest BCUT2D eigenvalue weighted by molar-refractivity contribution is 5.92. The molecule has 1 unspecified atom stereocenters. The van der Waals surface area contributed by atoms with Gasteiger partial charge in [-0.3, -0.25) is 9.59 Å². The molecule has 144 valence electrons. The molecule has 1 N–H and O–H groups in total. The van der Waals surface area contributed by atoms with Crippen LogP contribution in [0.3, 0.4) is 0 Å². The van der Waals surface area contributed by atoms with E-state index >= 15 is 0 Å². The van der Waals surface area contributed by atoms with Crippen LogP contribution >= 0.6 is 0 Å². The third kappa shape index (κ3) is 4.87. The molecular weight excluding hydrogens is 344 g/mol. The van der Waals surface area contributed by atoms with Crippen molar-refractivity contribution in [2.75, 3.05) is 29.9 Å². The number of aryl methyl sites for hydroxylation is 1. The van der Waals surface area contributed by atoms with Gasteiger partial charge in [-0.05, 0) is 37.8 Å². The molecule has 0 aliphatic carbocycles. The largest absolute Gasteiger partial charge is 0.492 e. The van der Waals surface area contributed by atoms with Crippen LogP contribution < -0.4 is 20.5 Å². The number of carbonyl (C=O) groups excluding carboxylic acids is 1. The number of carbonyl (C=O) groups is 1. The van der Waals surface area contributed by atoms with Gasteiger partial charge in [-0.25, -0.2) is 4.68 Å². The highest BCUT2D eigenvalue weighted by atomic mass is 16.5. The summed E-state index contributed by atoms with van der Waals surface area (Å²) in [4.78, 5) is 26.5. The first kappa shape index (κ1) is 18.9. The van der Waals surface area contributed by atoms with Crippen molar-refractivity contribution in [3.05, 3.63) is 46.9 Å². The van der Waals surface area contributed by atoms with Crippen LogP contribution in [-0.4, -0.2) is 35.4 Å². The molecule has 1 amide bonds. The molecule has 1 aliphatic heterocycles. The molecule has 2 heterocycles. The van der Waals surface area contributed by atoms with E-state index in [2.05, 4.69) is 15.3 Å². The minimum Gasteiger partial charge on any atom is -0.492 e. The Morgan fingerprint density at radius 3 is 2.96 bits per heavy atom. The summed E-state index contributed by atoms with van der Waals surface area (Å²) in [5.41, 5.74) is 1.40. The normalized spacial score (nSPS) is 16.8. The number of hydrogen-bond acceptors (Lipinski definition) is 5. The second-order valence-corrected chi connectivity index (χ2v) is 6.81. The van der Waals surface area contributed by atoms with Crippen molar-refractivity contribution in [1.29, 1.82) is 0 Å². The lowest BCUT2D eigenvalue weighted by molar-refractivity contribution is -0.117. The van der Waals surface area contributed by atoms with Crippen LogP contribution in [0.15, 0.2) is 41.3 Å². The number of piperidine rings is 1. The zero-order chi connectivity index (χ0) is 19.2. The van der Waals surface area contributed by atoms with Crippen LogP contribution in [-0.2, 0) is 11.8 Å². The number of nitrogens with one attached hydrogen (secondary N) is 1. The van der Waals surface area contributed by atoms with Crippen molar-refractivity contribution in [2.45, 2.75) is 26.2 Å². The maximum atomic E-state index is 12.5. The lowest BCUT2D eigenvalue weighted by atomic mass is 9.94. The minimum absolute atomic E-state index is 0.0175. The Hall–Kier alpha value is -2.83. The predicted octanol–water partition coefficient (Wildman–Crippen LogP) is 2.42. The van der Waals surface area contributed by atoms with E-state index in [-0.39, 0.29) is 17.4 Å². The van der Waals surface area contributed by atoms with Gasteiger partial charge in [0.15, 0.2) is 0 Å². The number of hydrogen-bond donors (Lipinski definition) is 1. The monoisotopic (exact) mass is 370 g/mol. The molecular formula is C20H26N4O3. The summed E-state index contributed by atoms with van der Waals surface area (Å²) in [6.45, 7) is 4.09. The predicted molar refractivity (Wildman–Crippen MR) is 105 cm³/mol. The van der Waals surface area contributed by atoms with Gasteiger partial charge in [-0.1, -0.05) is 12.1 Å². The molecule has 7 heteroatoms. The van der Waals surface area contributed by atoms with Crippen molar-refractivity contribution >= 4 is 17.3 Å². The Balaban J connectivity index is 1.61. The van der Waals surface area contributed by atoms with Gasteiger partial charge in [0.2, 0.25) is 5.91 Å². The number of aromatic nitrogens is 2. The van der Waals surface area contributed by atoms with Gasteiger partial charge in [0.25, 0.3) is 5.56 Å². The van der Waals surface area contributed by atoms with Gasteiger partial charge in [-0.2, -0.15) is 5.10 Å². The summed E-state index contributed by atoms with van der Waals surface area (Å²) in [5.74, 6) is 0.906. The first-order valence-electron chi connectivity index (χ1n) is 9.36. The molecule has 27 heavy (non-hydrogen) atoms. The van der Waals surface area contributed by atoms with Gasteiger partial charge >= 0.3 is 0 Å². The first-order chi connectivity index (χ1) is 13.1. The molecule has 2 aromatic rings. The third-order valence-corrected chi connectivity index (χ3v) is 4.77. The molecule has 0 saturated carbocycles. The molecule has 7 nitrogen and oxygen atoms in total. The number of rotatable bonds is 6. The second-order valence-electron chi connectivity index (χ2n) is 6.81. The van der Waals surface area contributed by atoms with Crippen molar-refractivity contribution in [3.8, 4) is 5.75 Å². The molecule has 1 fully saturated rings. The van der Waals surface area contributed by atoms with E-state index in [0.717, 1.165) is 31.6 Å². The van der Waals surface area contributed by atoms with Crippen LogP contribution in [0.2, 0.25) is 0 Å². The van der Waals surface area contributed by atoms with Crippen LogP contribution in [0.4, 0.5) is 11.4 Å². The van der Waals surface area contributed by atoms with E-state index in [1.54, 1.807) is 19.3 Å². The summed E-state index contributed by atoms with van der Waals surface area (Å²) >= 11 is 0. The van der Waals surface area contributed by atoms with Crippen molar-refractivity contribution in [3.63, 3.8) is 0 Å². The molecule has 1 saturated heterocycles. The highest BCUT2D eigenvalue weighted by Gasteiger charge is 2.23. The van der Waals surface area contributed by atoms with Gasteiger partial charge < -0.3 is 15.0 Å². The van der Waals surface area contributed by atoms with E-state index in [0.29, 0.717) is 24.5 Å². The fourth-order valence-corrected chi connectivity index (χ4v) is 3.41. The molecule has 1 aromatic carbocycles. The van der Waals surface area contributed by atoms with E-state index in [4.69, 9.17) is 4.74 Å². The third-order valence-electron chi connectivity index (χ3n) is 4.77. The van der Waals surface area contributed by atoms with Crippen molar-refractivity contribution < 1.29 is 9.53 Å². The zero-order valence-corrected chi connectivity index (χ0v) is 15.9. The van der Waals surface area contributed by atoms with E-state index in [1.807, 2.05) is 31.2 Å². The quantitative estimate of drug-likeness (QED) is 0.845. The molecule has 1 aliphatic rings. The van der Waals surface area contributed by atoms with Gasteiger partial charge in [0.05, 0.1) is 24.2 Å². The maximum absolute atomic E-state index is 12.5. The van der Waals surface area contributed by atoms with Crippen LogP contribution in [0.25, 0.3) is 0 Å². The number of nitrogens with zero attached hydrogens (tertiary/aromatic N) is 3. The summed E-state index contributed by atoms with van der Waals surface area (Å²) in [5, 5.41) is 7.06. The molecule has 0 bridgehead atoms. The molecule has 0 radical (unpaired) electrons.